The Morgan fingerprint density at radius 3 is 2.39 bits per heavy atom. The predicted octanol–water partition coefficient (Wildman–Crippen LogP) is 2.83. The number of carbonyl (C=O) groups excluding carboxylic acids is 1. The van der Waals surface area contributed by atoms with Gasteiger partial charge in [0.15, 0.2) is 0 Å². The standard InChI is InChI=1S/C20H18N2O5S/c23-19-10-5-15-13-16(6-9-18(15)27-19)21-20(24)14-3-7-17(8-4-14)28(25,26)22-11-1-2-12-22/h3-10,13H,1-2,11-12H2,(H,21,24). The number of sulfonamides is 1. The first-order chi connectivity index (χ1) is 13.4. The average Bonchev–Trinajstić information content (AvgIpc) is 3.24. The van der Waals surface area contributed by atoms with Crippen LogP contribution in [0.15, 0.2) is 68.7 Å². The topological polar surface area (TPSA) is 96.7 Å². The van der Waals surface area contributed by atoms with Crippen LogP contribution in [0.25, 0.3) is 11.0 Å². The Morgan fingerprint density at radius 2 is 1.68 bits per heavy atom. The van der Waals surface area contributed by atoms with E-state index in [1.54, 1.807) is 24.3 Å². The van der Waals surface area contributed by atoms with E-state index in [0.29, 0.717) is 35.3 Å². The number of amides is 1. The van der Waals surface area contributed by atoms with E-state index < -0.39 is 15.6 Å². The molecule has 3 aromatic rings. The Bertz CT molecular complexity index is 1190. The summed E-state index contributed by atoms with van der Waals surface area (Å²) in [5, 5.41) is 3.44. The van der Waals surface area contributed by atoms with Gasteiger partial charge in [0.1, 0.15) is 5.58 Å². The van der Waals surface area contributed by atoms with Gasteiger partial charge in [-0.3, -0.25) is 4.79 Å². The zero-order chi connectivity index (χ0) is 19.7. The maximum atomic E-state index is 12.5. The van der Waals surface area contributed by atoms with Gasteiger partial charge in [-0.1, -0.05) is 0 Å². The van der Waals surface area contributed by atoms with E-state index in [4.69, 9.17) is 4.42 Å². The molecule has 1 aliphatic heterocycles. The lowest BCUT2D eigenvalue weighted by Gasteiger charge is -2.15. The zero-order valence-electron chi connectivity index (χ0n) is 14.9. The first-order valence-electron chi connectivity index (χ1n) is 8.89. The van der Waals surface area contributed by atoms with Crippen LogP contribution in [0.4, 0.5) is 5.69 Å². The highest BCUT2D eigenvalue weighted by Gasteiger charge is 2.27. The highest BCUT2D eigenvalue weighted by molar-refractivity contribution is 7.89. The Balaban J connectivity index is 1.52. The molecule has 0 spiro atoms. The fourth-order valence-electron chi connectivity index (χ4n) is 3.21. The molecular formula is C20H18N2O5S. The Hall–Kier alpha value is -2.97. The van der Waals surface area contributed by atoms with Gasteiger partial charge in [-0.15, -0.1) is 0 Å². The summed E-state index contributed by atoms with van der Waals surface area (Å²) < 4.78 is 31.6. The van der Waals surface area contributed by atoms with Crippen LogP contribution in [-0.2, 0) is 10.0 Å². The second kappa shape index (κ2) is 7.21. The second-order valence-electron chi connectivity index (χ2n) is 6.60. The molecule has 1 aliphatic rings. The molecule has 0 atom stereocenters. The van der Waals surface area contributed by atoms with Gasteiger partial charge in [0.2, 0.25) is 10.0 Å². The smallest absolute Gasteiger partial charge is 0.336 e. The minimum absolute atomic E-state index is 0.187. The fraction of sp³-hybridized carbons (Fsp3) is 0.200. The molecule has 1 N–H and O–H groups in total. The van der Waals surface area contributed by atoms with Crippen LogP contribution in [0.3, 0.4) is 0 Å². The molecule has 0 saturated carbocycles. The van der Waals surface area contributed by atoms with Crippen molar-refractivity contribution in [3.8, 4) is 0 Å². The molecule has 28 heavy (non-hydrogen) atoms. The van der Waals surface area contributed by atoms with Gasteiger partial charge in [0.05, 0.1) is 4.90 Å². The summed E-state index contributed by atoms with van der Waals surface area (Å²) in [6.45, 7) is 1.07. The highest BCUT2D eigenvalue weighted by atomic mass is 32.2. The lowest BCUT2D eigenvalue weighted by Crippen LogP contribution is -2.27. The molecule has 0 unspecified atom stereocenters. The van der Waals surface area contributed by atoms with E-state index in [-0.39, 0.29) is 10.8 Å². The van der Waals surface area contributed by atoms with Crippen molar-refractivity contribution < 1.29 is 17.6 Å². The van der Waals surface area contributed by atoms with Crippen molar-refractivity contribution >= 4 is 32.6 Å². The van der Waals surface area contributed by atoms with Gasteiger partial charge in [-0.05, 0) is 61.4 Å². The molecular weight excluding hydrogens is 380 g/mol. The SMILES string of the molecule is O=C(Nc1ccc2oc(=O)ccc2c1)c1ccc(S(=O)(=O)N2CCCC2)cc1. The molecule has 4 rings (SSSR count). The number of hydrogen-bond acceptors (Lipinski definition) is 5. The molecule has 0 aliphatic carbocycles. The normalized spacial score (nSPS) is 15.0. The molecule has 1 saturated heterocycles. The third-order valence-electron chi connectivity index (χ3n) is 4.70. The Kier molecular flexibility index (Phi) is 4.74. The van der Waals surface area contributed by atoms with Gasteiger partial charge in [0.25, 0.3) is 5.91 Å². The van der Waals surface area contributed by atoms with Crippen LogP contribution >= 0.6 is 0 Å². The van der Waals surface area contributed by atoms with Gasteiger partial charge in [0, 0.05) is 35.8 Å². The molecule has 144 valence electrons. The lowest BCUT2D eigenvalue weighted by molar-refractivity contribution is 0.102. The van der Waals surface area contributed by atoms with E-state index in [2.05, 4.69) is 5.32 Å². The van der Waals surface area contributed by atoms with Crippen molar-refractivity contribution in [3.63, 3.8) is 0 Å². The minimum atomic E-state index is -3.50. The van der Waals surface area contributed by atoms with Crippen molar-refractivity contribution in [2.24, 2.45) is 0 Å². The molecule has 8 heteroatoms. The average molecular weight is 398 g/mol. The largest absolute Gasteiger partial charge is 0.423 e. The molecule has 1 fully saturated rings. The van der Waals surface area contributed by atoms with Crippen LogP contribution in [0.5, 0.6) is 0 Å². The second-order valence-corrected chi connectivity index (χ2v) is 8.53. The quantitative estimate of drug-likeness (QED) is 0.682. The molecule has 2 aromatic carbocycles. The maximum absolute atomic E-state index is 12.5. The maximum Gasteiger partial charge on any atom is 0.336 e. The summed E-state index contributed by atoms with van der Waals surface area (Å²) in [4.78, 5) is 23.9. The minimum Gasteiger partial charge on any atom is -0.423 e. The van der Waals surface area contributed by atoms with E-state index in [1.807, 2.05) is 0 Å². The van der Waals surface area contributed by atoms with Crippen LogP contribution in [0.1, 0.15) is 23.2 Å². The fourth-order valence-corrected chi connectivity index (χ4v) is 4.73. The monoisotopic (exact) mass is 398 g/mol. The van der Waals surface area contributed by atoms with Crippen molar-refractivity contribution in [1.82, 2.24) is 4.31 Å². The van der Waals surface area contributed by atoms with Crippen LogP contribution < -0.4 is 10.9 Å². The number of nitrogens with one attached hydrogen (secondary N) is 1. The number of benzene rings is 2. The number of hydrogen-bond donors (Lipinski definition) is 1. The summed E-state index contributed by atoms with van der Waals surface area (Å²) in [6.07, 6.45) is 1.74. The summed E-state index contributed by atoms with van der Waals surface area (Å²) in [5.74, 6) is -0.359. The van der Waals surface area contributed by atoms with Crippen LogP contribution in [0, 0.1) is 0 Å². The number of fused-ring (bicyclic) bond motifs is 1. The Morgan fingerprint density at radius 1 is 0.964 bits per heavy atom. The number of anilines is 1. The summed E-state index contributed by atoms with van der Waals surface area (Å²) in [5.41, 5.74) is 0.885. The van der Waals surface area contributed by atoms with Crippen molar-refractivity contribution in [1.29, 1.82) is 0 Å². The van der Waals surface area contributed by atoms with Crippen LogP contribution in [-0.4, -0.2) is 31.7 Å². The van der Waals surface area contributed by atoms with E-state index in [0.717, 1.165) is 12.8 Å². The molecule has 2 heterocycles. The van der Waals surface area contributed by atoms with Gasteiger partial charge < -0.3 is 9.73 Å². The number of rotatable bonds is 4. The lowest BCUT2D eigenvalue weighted by atomic mass is 10.2. The molecule has 7 nitrogen and oxygen atoms in total. The molecule has 0 bridgehead atoms. The summed E-state index contributed by atoms with van der Waals surface area (Å²) >= 11 is 0. The van der Waals surface area contributed by atoms with Gasteiger partial charge in [-0.2, -0.15) is 4.31 Å². The van der Waals surface area contributed by atoms with E-state index >= 15 is 0 Å². The van der Waals surface area contributed by atoms with E-state index in [1.165, 1.54) is 34.6 Å². The molecule has 1 aromatic heterocycles. The summed E-state index contributed by atoms with van der Waals surface area (Å²) in [7, 11) is -3.50. The molecule has 0 radical (unpaired) electrons. The summed E-state index contributed by atoms with van der Waals surface area (Å²) in [6, 6.07) is 13.8. The first kappa shape index (κ1) is 18.4. The van der Waals surface area contributed by atoms with Crippen molar-refractivity contribution in [3.05, 3.63) is 70.6 Å². The predicted molar refractivity (Wildman–Crippen MR) is 105 cm³/mol. The van der Waals surface area contributed by atoms with Crippen LogP contribution in [0.2, 0.25) is 0 Å². The third kappa shape index (κ3) is 3.56. The van der Waals surface area contributed by atoms with Gasteiger partial charge in [-0.25, -0.2) is 13.2 Å². The highest BCUT2D eigenvalue weighted by Crippen LogP contribution is 2.22. The Labute approximate surface area is 161 Å². The van der Waals surface area contributed by atoms with Crippen molar-refractivity contribution in [2.45, 2.75) is 17.7 Å². The molecule has 1 amide bonds. The zero-order valence-corrected chi connectivity index (χ0v) is 15.7. The number of nitrogens with zero attached hydrogens (tertiary/aromatic N) is 1. The van der Waals surface area contributed by atoms with Crippen molar-refractivity contribution in [2.75, 3.05) is 18.4 Å². The first-order valence-corrected chi connectivity index (χ1v) is 10.3. The number of carbonyl (C=O) groups is 1. The van der Waals surface area contributed by atoms with E-state index in [9.17, 15) is 18.0 Å². The van der Waals surface area contributed by atoms with Gasteiger partial charge >= 0.3 is 5.63 Å². The third-order valence-corrected chi connectivity index (χ3v) is 6.61.